The minimum atomic E-state index is -1.45. The summed E-state index contributed by atoms with van der Waals surface area (Å²) in [6.07, 6.45) is 6.08. The fourth-order valence-corrected chi connectivity index (χ4v) is 6.56. The summed E-state index contributed by atoms with van der Waals surface area (Å²) in [5, 5.41) is 18.2. The van der Waals surface area contributed by atoms with Gasteiger partial charge in [0.25, 0.3) is 11.8 Å². The molecule has 2 amide bonds. The lowest BCUT2D eigenvalue weighted by molar-refractivity contribution is -0.664. The van der Waals surface area contributed by atoms with Crippen LogP contribution in [0.25, 0.3) is 11.2 Å². The topological polar surface area (TPSA) is 185 Å². The van der Waals surface area contributed by atoms with Gasteiger partial charge in [0.05, 0.1) is 17.9 Å². The summed E-state index contributed by atoms with van der Waals surface area (Å²) in [6.45, 7) is 3.02. The fourth-order valence-electron chi connectivity index (χ4n) is 4.79. The molecule has 3 aromatic rings. The number of thioether (sulfide) groups is 1. The number of amides is 2. The number of hydrogen-bond acceptors (Lipinski definition) is 12. The molecule has 6 rings (SSSR count). The molecule has 1 saturated heterocycles. The first-order valence-electron chi connectivity index (χ1n) is 12.7. The third-order valence-corrected chi connectivity index (χ3v) is 8.73. The maximum atomic E-state index is 13.2. The van der Waals surface area contributed by atoms with E-state index in [4.69, 9.17) is 10.6 Å². The zero-order chi connectivity index (χ0) is 28.0. The van der Waals surface area contributed by atoms with Gasteiger partial charge in [-0.3, -0.25) is 14.5 Å². The summed E-state index contributed by atoms with van der Waals surface area (Å²) in [7, 11) is 0. The number of oxime groups is 1. The second kappa shape index (κ2) is 10.5. The van der Waals surface area contributed by atoms with E-state index in [2.05, 4.69) is 29.4 Å². The second-order valence-electron chi connectivity index (χ2n) is 9.60. The van der Waals surface area contributed by atoms with Gasteiger partial charge in [-0.05, 0) is 42.8 Å². The molecule has 1 aliphatic carbocycles. The molecule has 5 heterocycles. The van der Waals surface area contributed by atoms with E-state index < -0.39 is 29.2 Å². The minimum absolute atomic E-state index is 0.0308. The molecule has 2 unspecified atom stereocenters. The number of carboxylic acids is 1. The van der Waals surface area contributed by atoms with Crippen molar-refractivity contribution < 1.29 is 28.9 Å². The van der Waals surface area contributed by atoms with Crippen molar-refractivity contribution in [1.29, 1.82) is 0 Å². The number of nitrogen functional groups attached to an aromatic ring is 1. The Hall–Kier alpha value is -4.05. The van der Waals surface area contributed by atoms with E-state index in [1.165, 1.54) is 29.5 Å². The number of carboxylic acid groups (broad SMARTS) is 1. The van der Waals surface area contributed by atoms with Crippen molar-refractivity contribution in [3.05, 3.63) is 41.8 Å². The third kappa shape index (κ3) is 4.77. The van der Waals surface area contributed by atoms with E-state index in [1.807, 2.05) is 29.2 Å². The van der Waals surface area contributed by atoms with Crippen LogP contribution in [0.15, 0.2) is 41.1 Å². The van der Waals surface area contributed by atoms with Crippen LogP contribution in [0.2, 0.25) is 0 Å². The molecule has 2 aliphatic heterocycles. The smallest absolute Gasteiger partial charge is 0.349 e. The molecular formula is C24H25N9O5S2. The van der Waals surface area contributed by atoms with Gasteiger partial charge in [-0.15, -0.1) is 11.8 Å². The number of aliphatic carboxylic acids is 1. The van der Waals surface area contributed by atoms with Crippen molar-refractivity contribution >= 4 is 63.1 Å². The van der Waals surface area contributed by atoms with Crippen molar-refractivity contribution in [3.8, 4) is 0 Å². The molecule has 0 aromatic carbocycles. The first-order valence-corrected chi connectivity index (χ1v) is 14.5. The van der Waals surface area contributed by atoms with Gasteiger partial charge < -0.3 is 30.4 Å². The molecule has 3 aliphatic rings. The first-order chi connectivity index (χ1) is 19.4. The summed E-state index contributed by atoms with van der Waals surface area (Å²) in [5.41, 5.74) is 7.45. The van der Waals surface area contributed by atoms with Crippen LogP contribution in [0.3, 0.4) is 0 Å². The maximum Gasteiger partial charge on any atom is 0.349 e. The Morgan fingerprint density at radius 3 is 2.90 bits per heavy atom. The number of nitrogens with zero attached hydrogens (tertiary/aromatic N) is 7. The van der Waals surface area contributed by atoms with E-state index in [9.17, 15) is 19.5 Å². The van der Waals surface area contributed by atoms with Crippen LogP contribution >= 0.6 is 23.3 Å². The van der Waals surface area contributed by atoms with Gasteiger partial charge in [0.15, 0.2) is 5.13 Å². The number of hydrogen-bond donors (Lipinski definition) is 2. The largest absolute Gasteiger partial charge is 0.543 e. The Bertz CT molecular complexity index is 1580. The van der Waals surface area contributed by atoms with Crippen LogP contribution in [0.4, 0.5) is 5.13 Å². The van der Waals surface area contributed by atoms with Gasteiger partial charge in [-0.2, -0.15) is 9.36 Å². The highest BCUT2D eigenvalue weighted by atomic mass is 32.2. The number of anilines is 1. The number of carbonyl (C=O) groups excluding carboxylic acids is 3. The molecule has 0 radical (unpaired) electrons. The molecule has 2 atom stereocenters. The Kier molecular flexibility index (Phi) is 6.87. The molecule has 16 heteroatoms. The lowest BCUT2D eigenvalue weighted by atomic mass is 10.0. The summed E-state index contributed by atoms with van der Waals surface area (Å²) >= 11 is 2.24. The van der Waals surface area contributed by atoms with Gasteiger partial charge in [-0.25, -0.2) is 4.57 Å². The Morgan fingerprint density at radius 2 is 2.20 bits per heavy atom. The number of aromatic nitrogens is 5. The predicted octanol–water partition coefficient (Wildman–Crippen LogP) is -0.988. The van der Waals surface area contributed by atoms with Crippen molar-refractivity contribution in [1.82, 2.24) is 29.1 Å². The lowest BCUT2D eigenvalue weighted by Crippen LogP contribution is -2.71. The zero-order valence-corrected chi connectivity index (χ0v) is 23.0. The zero-order valence-electron chi connectivity index (χ0n) is 21.3. The third-order valence-electron chi connectivity index (χ3n) is 6.84. The molecular weight excluding hydrogens is 558 g/mol. The van der Waals surface area contributed by atoms with E-state index in [0.29, 0.717) is 17.2 Å². The van der Waals surface area contributed by atoms with Gasteiger partial charge in [0.1, 0.15) is 30.1 Å². The van der Waals surface area contributed by atoms with Crippen LogP contribution in [-0.4, -0.2) is 71.1 Å². The average Bonchev–Trinajstić information content (AvgIpc) is 3.51. The van der Waals surface area contributed by atoms with Crippen molar-refractivity contribution in [2.45, 2.75) is 44.3 Å². The van der Waals surface area contributed by atoms with Crippen molar-refractivity contribution in [2.24, 2.45) is 11.1 Å². The molecule has 40 heavy (non-hydrogen) atoms. The van der Waals surface area contributed by atoms with E-state index in [1.54, 1.807) is 6.92 Å². The van der Waals surface area contributed by atoms with Crippen LogP contribution in [0.1, 0.15) is 25.6 Å². The quantitative estimate of drug-likeness (QED) is 0.130. The minimum Gasteiger partial charge on any atom is -0.543 e. The highest BCUT2D eigenvalue weighted by Gasteiger charge is 2.53. The summed E-state index contributed by atoms with van der Waals surface area (Å²) in [6, 6.07) is 2.91. The Balaban J connectivity index is 1.22. The molecule has 2 fully saturated rings. The molecule has 208 valence electrons. The molecule has 3 aromatic heterocycles. The van der Waals surface area contributed by atoms with Gasteiger partial charge in [-0.1, -0.05) is 5.16 Å². The van der Waals surface area contributed by atoms with Crippen molar-refractivity contribution in [2.75, 3.05) is 18.1 Å². The number of carbonyl (C=O) groups is 3. The maximum absolute atomic E-state index is 13.2. The number of nitrogens with one attached hydrogen (secondary N) is 1. The number of β-lactam (4-membered cyclic amide) rings is 1. The second-order valence-corrected chi connectivity index (χ2v) is 11.5. The summed E-state index contributed by atoms with van der Waals surface area (Å²) < 4.78 is 8.00. The highest BCUT2D eigenvalue weighted by Crippen LogP contribution is 2.40. The van der Waals surface area contributed by atoms with Crippen LogP contribution in [0, 0.1) is 5.92 Å². The SMILES string of the molecule is CCO/N=C(\C(=O)NC1C(=O)N2C(C(=O)[O-])=C(C[n+]3cccc4c3ncn4CC3CC3)CSC12)c1nsc(N)n1. The lowest BCUT2D eigenvalue weighted by Gasteiger charge is -2.50. The molecule has 0 spiro atoms. The van der Waals surface area contributed by atoms with Crippen LogP contribution < -0.4 is 20.7 Å². The van der Waals surface area contributed by atoms with Gasteiger partial charge in [0, 0.05) is 29.4 Å². The standard InChI is InChI=1S/C24H25N9O5S2/c1-2-38-29-15(18-28-24(25)40-30-18)20(34)27-16-21(35)33-17(23(36)37)13(10-39-22(16)33)9-31-7-3-4-14-19(31)26-11-32(14)8-12-5-6-12/h3-4,7,11-12,16,22H,2,5-6,8-10H2,1H3,(H3-,25,27,28,30,34,36,37)/b29-15-. The molecule has 3 N–H and O–H groups in total. The first kappa shape index (κ1) is 26.2. The molecule has 1 saturated carbocycles. The highest BCUT2D eigenvalue weighted by molar-refractivity contribution is 8.00. The molecule has 14 nitrogen and oxygen atoms in total. The van der Waals surface area contributed by atoms with Gasteiger partial charge >= 0.3 is 5.65 Å². The predicted molar refractivity (Wildman–Crippen MR) is 142 cm³/mol. The number of rotatable bonds is 10. The van der Waals surface area contributed by atoms with Crippen LogP contribution in [0.5, 0.6) is 0 Å². The number of fused-ring (bicyclic) bond motifs is 2. The summed E-state index contributed by atoms with van der Waals surface area (Å²) in [4.78, 5) is 53.2. The van der Waals surface area contributed by atoms with E-state index in [0.717, 1.165) is 29.2 Å². The number of nitrogens with two attached hydrogens (primary N) is 1. The monoisotopic (exact) mass is 583 g/mol. The average molecular weight is 584 g/mol. The van der Waals surface area contributed by atoms with Crippen LogP contribution in [-0.2, 0) is 32.3 Å². The fraction of sp³-hybridized carbons (Fsp3) is 0.417. The Morgan fingerprint density at radius 1 is 1.38 bits per heavy atom. The van der Waals surface area contributed by atoms with Gasteiger partial charge in [0.2, 0.25) is 17.9 Å². The Labute approximate surface area is 236 Å². The summed E-state index contributed by atoms with van der Waals surface area (Å²) in [5.74, 6) is -1.80. The number of pyridine rings is 1. The van der Waals surface area contributed by atoms with E-state index >= 15 is 0 Å². The molecule has 0 bridgehead atoms. The number of imidazole rings is 1. The van der Waals surface area contributed by atoms with E-state index in [-0.39, 0.29) is 35.5 Å². The normalized spacial score (nSPS) is 20.9. The van der Waals surface area contributed by atoms with Crippen molar-refractivity contribution in [3.63, 3.8) is 0 Å².